The van der Waals surface area contributed by atoms with Crippen LogP contribution in [0.1, 0.15) is 20.3 Å². The monoisotopic (exact) mass is 406 g/mol. The Morgan fingerprint density at radius 2 is 1.87 bits per heavy atom. The van der Waals surface area contributed by atoms with E-state index in [0.717, 1.165) is 16.3 Å². The van der Waals surface area contributed by atoms with Gasteiger partial charge in [0, 0.05) is 31.7 Å². The molecule has 3 N–H and O–H groups in total. The fourth-order valence-electron chi connectivity index (χ4n) is 3.06. The predicted octanol–water partition coefficient (Wildman–Crippen LogP) is 2.12. The van der Waals surface area contributed by atoms with Crippen molar-refractivity contribution in [2.45, 2.75) is 20.3 Å². The molecule has 1 aliphatic heterocycles. The van der Waals surface area contributed by atoms with Crippen LogP contribution in [0.4, 0.5) is 10.6 Å². The van der Waals surface area contributed by atoms with Crippen molar-refractivity contribution in [2.24, 2.45) is 5.41 Å². The highest BCUT2D eigenvalue weighted by Crippen LogP contribution is 2.15. The zero-order chi connectivity index (χ0) is 21.6. The fourth-order valence-corrected chi connectivity index (χ4v) is 3.06. The molecule has 0 bridgehead atoms. The molecule has 0 spiro atoms. The summed E-state index contributed by atoms with van der Waals surface area (Å²) in [7, 11) is 0. The minimum atomic E-state index is -0.912. The number of urea groups is 1. The van der Waals surface area contributed by atoms with E-state index in [-0.39, 0.29) is 17.9 Å². The maximum atomic E-state index is 12.8. The van der Waals surface area contributed by atoms with Gasteiger partial charge in [0.15, 0.2) is 0 Å². The van der Waals surface area contributed by atoms with Crippen LogP contribution in [0.2, 0.25) is 0 Å². The lowest BCUT2D eigenvalue weighted by Gasteiger charge is -2.26. The quantitative estimate of drug-likeness (QED) is 0.655. The maximum Gasteiger partial charge on any atom is 0.325 e. The van der Waals surface area contributed by atoms with Gasteiger partial charge in [-0.05, 0) is 39.6 Å². The third kappa shape index (κ3) is 5.70. The second kappa shape index (κ2) is 9.26. The average molecular weight is 406 g/mol. The number of anilines is 1. The minimum absolute atomic E-state index is 0.108. The van der Waals surface area contributed by atoms with E-state index in [1.807, 2.05) is 42.5 Å². The molecule has 1 aliphatic rings. The lowest BCUT2D eigenvalue weighted by molar-refractivity contribution is -0.135. The first-order chi connectivity index (χ1) is 14.3. The molecule has 0 radical (unpaired) electrons. The van der Waals surface area contributed by atoms with Crippen LogP contribution in [0.5, 0.6) is 0 Å². The Hall–Kier alpha value is -3.61. The van der Waals surface area contributed by atoms with Crippen molar-refractivity contribution < 1.29 is 14.7 Å². The highest BCUT2D eigenvalue weighted by Gasteiger charge is 2.20. The molecule has 7 nitrogen and oxygen atoms in total. The Morgan fingerprint density at radius 1 is 1.10 bits per heavy atom. The Bertz CT molecular complexity index is 1060. The van der Waals surface area contributed by atoms with Crippen LogP contribution in [0.3, 0.4) is 0 Å². The number of carbonyl (C=O) groups excluding carboxylic acids is 1. The van der Waals surface area contributed by atoms with Crippen LogP contribution >= 0.6 is 0 Å². The Morgan fingerprint density at radius 3 is 2.60 bits per heavy atom. The molecule has 30 heavy (non-hydrogen) atoms. The van der Waals surface area contributed by atoms with Gasteiger partial charge in [0.1, 0.15) is 5.82 Å². The van der Waals surface area contributed by atoms with Gasteiger partial charge < -0.3 is 15.7 Å². The molecule has 3 rings (SSSR count). The Labute approximate surface area is 175 Å². The van der Waals surface area contributed by atoms with Crippen LogP contribution in [0.25, 0.3) is 11.8 Å². The molecular weight excluding hydrogens is 380 g/mol. The van der Waals surface area contributed by atoms with Crippen molar-refractivity contribution in [2.75, 3.05) is 18.4 Å². The summed E-state index contributed by atoms with van der Waals surface area (Å²) < 4.78 is 0. The van der Waals surface area contributed by atoms with Crippen LogP contribution < -0.4 is 21.1 Å². The number of aliphatic carboxylic acids is 1. The van der Waals surface area contributed by atoms with E-state index in [2.05, 4.69) is 29.5 Å². The number of hydrogen-bond donors (Lipinski definition) is 3. The second-order valence-corrected chi connectivity index (χ2v) is 7.93. The summed E-state index contributed by atoms with van der Waals surface area (Å²) in [4.78, 5) is 29.7. The third-order valence-corrected chi connectivity index (χ3v) is 4.73. The molecule has 2 heterocycles. The van der Waals surface area contributed by atoms with Gasteiger partial charge in [0.05, 0.1) is 6.42 Å². The lowest BCUT2D eigenvalue weighted by atomic mass is 9.93. The number of pyridine rings is 1. The van der Waals surface area contributed by atoms with Gasteiger partial charge in [-0.25, -0.2) is 9.78 Å². The molecule has 0 fully saturated rings. The van der Waals surface area contributed by atoms with Crippen LogP contribution in [-0.4, -0.2) is 40.1 Å². The number of carbonyl (C=O) groups is 2. The molecule has 0 saturated carbocycles. The first-order valence-electron chi connectivity index (χ1n) is 9.75. The van der Waals surface area contributed by atoms with Crippen molar-refractivity contribution in [1.29, 1.82) is 0 Å². The van der Waals surface area contributed by atoms with Crippen molar-refractivity contribution in [3.8, 4) is 0 Å². The van der Waals surface area contributed by atoms with E-state index in [1.165, 1.54) is 4.90 Å². The summed E-state index contributed by atoms with van der Waals surface area (Å²) in [5.41, 5.74) is 0.450. The zero-order valence-electron chi connectivity index (χ0n) is 17.1. The molecule has 1 aromatic heterocycles. The van der Waals surface area contributed by atoms with Gasteiger partial charge >= 0.3 is 12.0 Å². The summed E-state index contributed by atoms with van der Waals surface area (Å²) in [6.45, 7) is 5.21. The molecule has 1 aromatic carbocycles. The van der Waals surface area contributed by atoms with Gasteiger partial charge in [-0.1, -0.05) is 44.2 Å². The average Bonchev–Trinajstić information content (AvgIpc) is 2.91. The summed E-state index contributed by atoms with van der Waals surface area (Å²) >= 11 is 0. The fraction of sp³-hybridized carbons (Fsp3) is 0.261. The van der Waals surface area contributed by atoms with Crippen LogP contribution in [0, 0.1) is 5.41 Å². The second-order valence-electron chi connectivity index (χ2n) is 7.93. The van der Waals surface area contributed by atoms with Crippen LogP contribution in [0.15, 0.2) is 60.9 Å². The summed E-state index contributed by atoms with van der Waals surface area (Å²) in [6, 6.07) is 12.8. The normalized spacial score (nSPS) is 13.1. The number of fused-ring (bicyclic) bond motifs is 1. The SMILES string of the molecule is CC(C)(CNC(=O)N1C=CC(CC(=O)O)=c2ccccc2=C1)CNc1ccccn1. The Kier molecular flexibility index (Phi) is 6.51. The number of hydrogen-bond acceptors (Lipinski definition) is 4. The zero-order valence-corrected chi connectivity index (χ0v) is 17.1. The molecule has 156 valence electrons. The summed E-state index contributed by atoms with van der Waals surface area (Å²) in [5.74, 6) is -0.122. The number of carboxylic acid groups (broad SMARTS) is 1. The van der Waals surface area contributed by atoms with Crippen molar-refractivity contribution in [3.05, 3.63) is 71.4 Å². The number of benzene rings is 1. The number of rotatable bonds is 7. The number of amides is 2. The topological polar surface area (TPSA) is 94.6 Å². The summed E-state index contributed by atoms with van der Waals surface area (Å²) in [6.07, 6.45) is 6.63. The Balaban J connectivity index is 1.67. The molecule has 0 unspecified atom stereocenters. The first kappa shape index (κ1) is 21.1. The molecule has 0 aliphatic carbocycles. The van der Waals surface area contributed by atoms with Crippen molar-refractivity contribution >= 4 is 29.6 Å². The lowest BCUT2D eigenvalue weighted by Crippen LogP contribution is -2.42. The van der Waals surface area contributed by atoms with Gasteiger partial charge in [-0.3, -0.25) is 9.69 Å². The number of allylic oxidation sites excluding steroid dienone is 1. The van der Waals surface area contributed by atoms with E-state index in [1.54, 1.807) is 24.7 Å². The molecule has 7 heteroatoms. The van der Waals surface area contributed by atoms with Crippen LogP contribution in [-0.2, 0) is 4.79 Å². The van der Waals surface area contributed by atoms with Crippen molar-refractivity contribution in [3.63, 3.8) is 0 Å². The highest BCUT2D eigenvalue weighted by molar-refractivity contribution is 5.84. The number of nitrogens with zero attached hydrogens (tertiary/aromatic N) is 2. The number of aromatic nitrogens is 1. The number of nitrogens with one attached hydrogen (secondary N) is 2. The standard InChI is InChI=1S/C23H26N4O3/c1-23(2,15-25-20-9-5-6-11-24-20)16-26-22(30)27-12-10-17(13-21(28)29)19-8-4-3-7-18(19)14-27/h3-12,14H,13,15-16H2,1-2H3,(H,24,25)(H,26,30)(H,28,29). The predicted molar refractivity (Wildman–Crippen MR) is 117 cm³/mol. The number of carboxylic acids is 1. The van der Waals surface area contributed by atoms with Crippen molar-refractivity contribution in [1.82, 2.24) is 15.2 Å². The maximum absolute atomic E-state index is 12.8. The molecular formula is C23H26N4O3. The highest BCUT2D eigenvalue weighted by atomic mass is 16.4. The van der Waals surface area contributed by atoms with E-state index in [4.69, 9.17) is 0 Å². The van der Waals surface area contributed by atoms with E-state index in [0.29, 0.717) is 18.7 Å². The molecule has 2 aromatic rings. The van der Waals surface area contributed by atoms with Gasteiger partial charge in [-0.2, -0.15) is 0 Å². The van der Waals surface area contributed by atoms with Gasteiger partial charge in [0.25, 0.3) is 0 Å². The largest absolute Gasteiger partial charge is 0.481 e. The first-order valence-corrected chi connectivity index (χ1v) is 9.75. The van der Waals surface area contributed by atoms with E-state index in [9.17, 15) is 14.7 Å². The van der Waals surface area contributed by atoms with E-state index >= 15 is 0 Å². The third-order valence-electron chi connectivity index (χ3n) is 4.73. The molecule has 2 amide bonds. The van der Waals surface area contributed by atoms with Gasteiger partial charge in [-0.15, -0.1) is 0 Å². The molecule has 0 saturated heterocycles. The smallest absolute Gasteiger partial charge is 0.325 e. The van der Waals surface area contributed by atoms with Gasteiger partial charge in [0.2, 0.25) is 0 Å². The minimum Gasteiger partial charge on any atom is -0.481 e. The summed E-state index contributed by atoms with van der Waals surface area (Å²) in [5, 5.41) is 17.0. The molecule has 0 atom stereocenters. The van der Waals surface area contributed by atoms with E-state index < -0.39 is 5.97 Å².